The van der Waals surface area contributed by atoms with E-state index < -0.39 is 67.0 Å². The smallest absolute Gasteiger partial charge is 0.463 e. The van der Waals surface area contributed by atoms with E-state index in [1.54, 1.807) is 12.1 Å². The van der Waals surface area contributed by atoms with E-state index in [0.29, 0.717) is 0 Å². The minimum absolute atomic E-state index is 0.128. The Kier molecular flexibility index (Phi) is 6.12. The van der Waals surface area contributed by atoms with Crippen molar-refractivity contribution >= 4 is 33.8 Å². The van der Waals surface area contributed by atoms with Gasteiger partial charge in [0.2, 0.25) is 0 Å². The van der Waals surface area contributed by atoms with Crippen molar-refractivity contribution in [2.24, 2.45) is 0 Å². The number of H-pyrrole nitrogens is 1. The topological polar surface area (TPSA) is 97.4 Å². The lowest BCUT2D eigenvalue weighted by Gasteiger charge is -2.38. The summed E-state index contributed by atoms with van der Waals surface area (Å²) >= 11 is 0. The van der Waals surface area contributed by atoms with Crippen LogP contribution in [0.1, 0.15) is 16.8 Å². The van der Waals surface area contributed by atoms with Crippen molar-refractivity contribution in [3.8, 4) is 11.6 Å². The highest BCUT2D eigenvalue weighted by Gasteiger charge is 2.48. The maximum absolute atomic E-state index is 14.9. The van der Waals surface area contributed by atoms with Crippen molar-refractivity contribution in [1.82, 2.24) is 19.9 Å². The molecule has 5 rings (SSSR count). The Hall–Kier alpha value is -4.36. The zero-order chi connectivity index (χ0) is 27.2. The molecule has 38 heavy (non-hydrogen) atoms. The summed E-state index contributed by atoms with van der Waals surface area (Å²) in [5, 5.41) is 0.256. The van der Waals surface area contributed by atoms with Gasteiger partial charge in [-0.1, -0.05) is 18.2 Å². The number of rotatable bonds is 4. The molecule has 0 aliphatic carbocycles. The van der Waals surface area contributed by atoms with Crippen molar-refractivity contribution < 1.29 is 45.4 Å². The Bertz CT molecular complexity index is 1550. The van der Waals surface area contributed by atoms with Gasteiger partial charge in [0.1, 0.15) is 11.3 Å². The molecule has 1 N–H and O–H groups in total. The van der Waals surface area contributed by atoms with Crippen LogP contribution in [0.5, 0.6) is 11.6 Å². The van der Waals surface area contributed by atoms with Gasteiger partial charge in [0.05, 0.1) is 29.5 Å². The van der Waals surface area contributed by atoms with E-state index in [-0.39, 0.29) is 27.5 Å². The van der Waals surface area contributed by atoms with Crippen LogP contribution in [0.15, 0.2) is 48.8 Å². The lowest BCUT2D eigenvalue weighted by Crippen LogP contribution is -2.55. The van der Waals surface area contributed by atoms with Gasteiger partial charge in [0, 0.05) is 18.4 Å². The van der Waals surface area contributed by atoms with Crippen molar-refractivity contribution in [1.29, 1.82) is 0 Å². The Morgan fingerprint density at radius 3 is 2.66 bits per heavy atom. The van der Waals surface area contributed by atoms with Crippen molar-refractivity contribution in [3.63, 3.8) is 0 Å². The van der Waals surface area contributed by atoms with Gasteiger partial charge < -0.3 is 19.4 Å². The van der Waals surface area contributed by atoms with Crippen LogP contribution in [0.25, 0.3) is 21.9 Å². The lowest BCUT2D eigenvalue weighted by atomic mass is 10.0. The van der Waals surface area contributed by atoms with Gasteiger partial charge >= 0.3 is 12.1 Å². The number of carbonyl (C=O) groups excluding carboxylic acids is 2. The predicted octanol–water partition coefficient (Wildman–Crippen LogP) is 4.65. The van der Waals surface area contributed by atoms with E-state index in [2.05, 4.69) is 19.7 Å². The number of nitrogens with zero attached hydrogens (tertiary/aromatic N) is 3. The highest BCUT2D eigenvalue weighted by atomic mass is 19.4. The predicted molar refractivity (Wildman–Crippen MR) is 119 cm³/mol. The number of likely N-dealkylation sites (tertiary alicyclic amines) is 1. The molecule has 1 saturated heterocycles. The molecule has 1 amide bonds. The molecule has 3 heterocycles. The van der Waals surface area contributed by atoms with E-state index in [1.807, 2.05) is 0 Å². The first-order chi connectivity index (χ1) is 17.9. The second-order valence-electron chi connectivity index (χ2n) is 8.49. The van der Waals surface area contributed by atoms with E-state index in [1.165, 1.54) is 18.5 Å². The fourth-order valence-electron chi connectivity index (χ4n) is 4.05. The molecule has 1 fully saturated rings. The normalized spacial score (nSPS) is 17.5. The third kappa shape index (κ3) is 4.80. The highest BCUT2D eigenvalue weighted by Crippen LogP contribution is 2.37. The minimum Gasteiger partial charge on any atom is -0.463 e. The van der Waals surface area contributed by atoms with E-state index in [4.69, 9.17) is 4.74 Å². The second-order valence-corrected chi connectivity index (χ2v) is 8.49. The monoisotopic (exact) mass is 538 g/mol. The number of aromatic nitrogens is 3. The number of alkyl halides is 5. The maximum Gasteiger partial charge on any atom is 0.491 e. The van der Waals surface area contributed by atoms with Gasteiger partial charge in [0.15, 0.2) is 11.9 Å². The molecule has 0 bridgehead atoms. The van der Waals surface area contributed by atoms with Crippen LogP contribution in [0.3, 0.4) is 0 Å². The Balaban J connectivity index is 1.47. The second kappa shape index (κ2) is 9.19. The van der Waals surface area contributed by atoms with Crippen molar-refractivity contribution in [2.45, 2.75) is 24.6 Å². The largest absolute Gasteiger partial charge is 0.491 e. The fourth-order valence-corrected chi connectivity index (χ4v) is 4.05. The average Bonchev–Trinajstić information content (AvgIpc) is 3.32. The molecule has 14 heteroatoms. The summed E-state index contributed by atoms with van der Waals surface area (Å²) in [6.45, 7) is -1.15. The number of nitrogens with one attached hydrogen (secondary N) is 1. The standard InChI is InChI=1S/C24H16F6N4O4/c25-13-8-14(19-16(9-13)31-11-32-19)21(35)34-6-5-23(26,27)18(10-34)38-20-17(37-22(36)24(28,29)30)7-12-3-1-2-4-15(12)33-20/h1-4,7-9,11,18H,5-6,10H2,(H,31,32)/t18-/m0/s1. The first-order valence-electron chi connectivity index (χ1n) is 11.1. The third-order valence-corrected chi connectivity index (χ3v) is 5.92. The van der Waals surface area contributed by atoms with Crippen LogP contribution in [0.4, 0.5) is 26.3 Å². The molecule has 1 atom stereocenters. The molecule has 4 aromatic rings. The summed E-state index contributed by atoms with van der Waals surface area (Å²) in [4.78, 5) is 36.3. The van der Waals surface area contributed by atoms with Gasteiger partial charge in [0.25, 0.3) is 17.7 Å². The van der Waals surface area contributed by atoms with E-state index in [0.717, 1.165) is 23.1 Å². The highest BCUT2D eigenvalue weighted by molar-refractivity contribution is 6.04. The molecule has 0 spiro atoms. The number of pyridine rings is 1. The number of fused-ring (bicyclic) bond motifs is 2. The number of amides is 1. The van der Waals surface area contributed by atoms with Gasteiger partial charge in [-0.3, -0.25) is 4.79 Å². The quantitative estimate of drug-likeness (QED) is 0.300. The van der Waals surface area contributed by atoms with Gasteiger partial charge in [-0.15, -0.1) is 0 Å². The van der Waals surface area contributed by atoms with Crippen LogP contribution in [-0.2, 0) is 4.79 Å². The minimum atomic E-state index is -5.37. The van der Waals surface area contributed by atoms with Crippen LogP contribution >= 0.6 is 0 Å². The number of hydrogen-bond donors (Lipinski definition) is 1. The number of aromatic amines is 1. The maximum atomic E-state index is 14.9. The number of halogens is 6. The zero-order valence-corrected chi connectivity index (χ0v) is 19.1. The number of hydrogen-bond acceptors (Lipinski definition) is 6. The third-order valence-electron chi connectivity index (χ3n) is 5.92. The van der Waals surface area contributed by atoms with Crippen LogP contribution in [0, 0.1) is 5.82 Å². The number of piperidine rings is 1. The van der Waals surface area contributed by atoms with Crippen molar-refractivity contribution in [2.75, 3.05) is 13.1 Å². The molecule has 2 aromatic heterocycles. The molecule has 1 aliphatic rings. The van der Waals surface area contributed by atoms with E-state index in [9.17, 15) is 35.9 Å². The first kappa shape index (κ1) is 25.3. The summed E-state index contributed by atoms with van der Waals surface area (Å²) in [6.07, 6.45) is -7.08. The molecule has 0 unspecified atom stereocenters. The Morgan fingerprint density at radius 1 is 1.13 bits per heavy atom. The summed E-state index contributed by atoms with van der Waals surface area (Å²) in [5.74, 6) is -9.31. The summed E-state index contributed by atoms with van der Waals surface area (Å²) in [7, 11) is 0. The molecule has 198 valence electrons. The summed E-state index contributed by atoms with van der Waals surface area (Å²) < 4.78 is 92.1. The average molecular weight is 538 g/mol. The Morgan fingerprint density at radius 2 is 1.89 bits per heavy atom. The molecular weight excluding hydrogens is 522 g/mol. The zero-order valence-electron chi connectivity index (χ0n) is 19.1. The molecular formula is C24H16F6N4O4. The van der Waals surface area contributed by atoms with Gasteiger partial charge in [-0.05, 0) is 24.3 Å². The van der Waals surface area contributed by atoms with Crippen LogP contribution < -0.4 is 9.47 Å². The molecule has 2 aromatic carbocycles. The number of para-hydroxylation sites is 1. The molecule has 8 nitrogen and oxygen atoms in total. The van der Waals surface area contributed by atoms with Crippen molar-refractivity contribution in [3.05, 3.63) is 60.2 Å². The molecule has 1 aliphatic heterocycles. The number of benzene rings is 2. The van der Waals surface area contributed by atoms with Crippen LogP contribution in [-0.4, -0.2) is 63.0 Å². The Labute approximate surface area is 209 Å². The van der Waals surface area contributed by atoms with Crippen LogP contribution in [0.2, 0.25) is 0 Å². The first-order valence-corrected chi connectivity index (χ1v) is 11.1. The summed E-state index contributed by atoms with van der Waals surface area (Å²) in [6, 6.07) is 9.05. The molecule has 0 saturated carbocycles. The van der Waals surface area contributed by atoms with Gasteiger partial charge in [-0.25, -0.2) is 27.9 Å². The number of ether oxygens (including phenoxy) is 2. The number of esters is 1. The van der Waals surface area contributed by atoms with E-state index >= 15 is 0 Å². The summed E-state index contributed by atoms with van der Waals surface area (Å²) in [5.41, 5.74) is 0.347. The van der Waals surface area contributed by atoms with Gasteiger partial charge in [-0.2, -0.15) is 13.2 Å². The lowest BCUT2D eigenvalue weighted by molar-refractivity contribution is -0.190. The molecule has 0 radical (unpaired) electrons. The number of carbonyl (C=O) groups is 2. The SMILES string of the molecule is O=C(c1cc(F)cc2[nH]cnc12)N1CCC(F)(F)[C@@H](Oc2nc3ccccc3cc2OC(=O)C(F)(F)F)C1. The fraction of sp³-hybridized carbons (Fsp3) is 0.250. The number of imidazole rings is 1.